The monoisotopic (exact) mass is 314 g/mol. The molecule has 5 heteroatoms. The van der Waals surface area contributed by atoms with Crippen LogP contribution in [0.2, 0.25) is 0 Å². The van der Waals surface area contributed by atoms with Gasteiger partial charge in [-0.1, -0.05) is 6.92 Å². The summed E-state index contributed by atoms with van der Waals surface area (Å²) < 4.78 is 11.3. The second-order valence-corrected chi connectivity index (χ2v) is 5.37. The van der Waals surface area contributed by atoms with Gasteiger partial charge in [0.2, 0.25) is 0 Å². The summed E-state index contributed by atoms with van der Waals surface area (Å²) >= 11 is 0. The zero-order valence-electron chi connectivity index (χ0n) is 12.8. The molecule has 1 saturated heterocycles. The van der Waals surface area contributed by atoms with Crippen LogP contribution in [-0.4, -0.2) is 43.8 Å². The van der Waals surface area contributed by atoms with Crippen LogP contribution in [0.4, 0.5) is 0 Å². The van der Waals surface area contributed by atoms with Gasteiger partial charge >= 0.3 is 0 Å². The topological polar surface area (TPSA) is 47.7 Å². The molecule has 4 nitrogen and oxygen atoms in total. The Hall–Kier alpha value is -0.970. The molecule has 1 unspecified atom stereocenters. The van der Waals surface area contributed by atoms with Crippen LogP contribution in [0, 0.1) is 0 Å². The minimum atomic E-state index is 0. The standard InChI is InChI=1S/C16H26N2O2.ClH/c1-2-11-19-15-5-7-16(8-6-15)20-12-10-18-9-3-4-14(17)13-18;/h5-8,14H,2-4,9-13,17H2,1H3;1H. The fourth-order valence-electron chi connectivity index (χ4n) is 2.44. The predicted octanol–water partition coefficient (Wildman–Crippen LogP) is 2.70. The average molecular weight is 315 g/mol. The molecule has 2 N–H and O–H groups in total. The number of nitrogens with zero attached hydrogens (tertiary/aromatic N) is 1. The second-order valence-electron chi connectivity index (χ2n) is 5.37. The highest BCUT2D eigenvalue weighted by Crippen LogP contribution is 2.18. The van der Waals surface area contributed by atoms with Gasteiger partial charge in [0.05, 0.1) is 6.61 Å². The molecule has 0 saturated carbocycles. The molecule has 0 spiro atoms. The third-order valence-electron chi connectivity index (χ3n) is 3.51. The number of hydrogen-bond donors (Lipinski definition) is 1. The van der Waals surface area contributed by atoms with Gasteiger partial charge in [0.15, 0.2) is 0 Å². The van der Waals surface area contributed by atoms with E-state index in [2.05, 4.69) is 11.8 Å². The summed E-state index contributed by atoms with van der Waals surface area (Å²) in [7, 11) is 0. The summed E-state index contributed by atoms with van der Waals surface area (Å²) in [5.41, 5.74) is 5.97. The Kier molecular flexibility index (Phi) is 8.50. The molecule has 1 aliphatic heterocycles. The van der Waals surface area contributed by atoms with E-state index in [1.807, 2.05) is 24.3 Å². The molecule has 1 atom stereocenters. The van der Waals surface area contributed by atoms with E-state index in [4.69, 9.17) is 15.2 Å². The van der Waals surface area contributed by atoms with Crippen molar-refractivity contribution in [3.05, 3.63) is 24.3 Å². The van der Waals surface area contributed by atoms with Gasteiger partial charge in [-0.05, 0) is 50.1 Å². The summed E-state index contributed by atoms with van der Waals surface area (Å²) in [5, 5.41) is 0. The molecule has 1 aromatic carbocycles. The Labute approximate surface area is 134 Å². The van der Waals surface area contributed by atoms with E-state index < -0.39 is 0 Å². The number of hydrogen-bond acceptors (Lipinski definition) is 4. The Morgan fingerprint density at radius 2 is 1.76 bits per heavy atom. The number of piperidine rings is 1. The van der Waals surface area contributed by atoms with E-state index >= 15 is 0 Å². The van der Waals surface area contributed by atoms with E-state index in [1.165, 1.54) is 6.42 Å². The van der Waals surface area contributed by atoms with Crippen molar-refractivity contribution in [1.29, 1.82) is 0 Å². The summed E-state index contributed by atoms with van der Waals surface area (Å²) in [6.07, 6.45) is 3.37. The molecule has 1 aromatic rings. The first kappa shape index (κ1) is 18.1. The highest BCUT2D eigenvalue weighted by atomic mass is 35.5. The maximum atomic E-state index is 5.97. The lowest BCUT2D eigenvalue weighted by Crippen LogP contribution is -2.44. The van der Waals surface area contributed by atoms with E-state index in [-0.39, 0.29) is 12.4 Å². The zero-order valence-corrected chi connectivity index (χ0v) is 13.6. The van der Waals surface area contributed by atoms with Crippen molar-refractivity contribution in [2.45, 2.75) is 32.2 Å². The van der Waals surface area contributed by atoms with Crippen molar-refractivity contribution in [2.75, 3.05) is 32.8 Å². The SMILES string of the molecule is CCCOc1ccc(OCCN2CCCC(N)C2)cc1.Cl. The molecule has 1 fully saturated rings. The third-order valence-corrected chi connectivity index (χ3v) is 3.51. The number of ether oxygens (including phenoxy) is 2. The number of nitrogens with two attached hydrogens (primary N) is 1. The van der Waals surface area contributed by atoms with Gasteiger partial charge in [-0.25, -0.2) is 0 Å². The molecular weight excluding hydrogens is 288 g/mol. The molecule has 1 heterocycles. The summed E-state index contributed by atoms with van der Waals surface area (Å²) in [5.74, 6) is 1.80. The Morgan fingerprint density at radius 3 is 2.33 bits per heavy atom. The molecule has 2 rings (SSSR count). The highest BCUT2D eigenvalue weighted by molar-refractivity contribution is 5.85. The molecule has 0 amide bonds. The van der Waals surface area contributed by atoms with Crippen molar-refractivity contribution in [3.63, 3.8) is 0 Å². The van der Waals surface area contributed by atoms with Gasteiger partial charge in [0.25, 0.3) is 0 Å². The van der Waals surface area contributed by atoms with Crippen molar-refractivity contribution in [2.24, 2.45) is 5.73 Å². The third kappa shape index (κ3) is 6.55. The highest BCUT2D eigenvalue weighted by Gasteiger charge is 2.15. The van der Waals surface area contributed by atoms with Crippen LogP contribution in [0.5, 0.6) is 11.5 Å². The predicted molar refractivity (Wildman–Crippen MR) is 88.6 cm³/mol. The van der Waals surface area contributed by atoms with Crippen LogP contribution >= 0.6 is 12.4 Å². The van der Waals surface area contributed by atoms with Gasteiger partial charge in [-0.2, -0.15) is 0 Å². The van der Waals surface area contributed by atoms with Crippen molar-refractivity contribution < 1.29 is 9.47 Å². The Morgan fingerprint density at radius 1 is 1.14 bits per heavy atom. The average Bonchev–Trinajstić information content (AvgIpc) is 2.46. The van der Waals surface area contributed by atoms with Crippen LogP contribution in [0.1, 0.15) is 26.2 Å². The van der Waals surface area contributed by atoms with Crippen LogP contribution in [-0.2, 0) is 0 Å². The molecule has 21 heavy (non-hydrogen) atoms. The normalized spacial score (nSPS) is 18.9. The van der Waals surface area contributed by atoms with E-state index in [0.717, 1.165) is 50.6 Å². The molecular formula is C16H27ClN2O2. The molecule has 0 bridgehead atoms. The first-order chi connectivity index (χ1) is 9.78. The quantitative estimate of drug-likeness (QED) is 0.840. The molecule has 120 valence electrons. The fraction of sp³-hybridized carbons (Fsp3) is 0.625. The molecule has 1 aliphatic rings. The summed E-state index contributed by atoms with van der Waals surface area (Å²) in [6.45, 7) is 6.65. The number of halogens is 1. The largest absolute Gasteiger partial charge is 0.494 e. The Bertz CT molecular complexity index is 386. The van der Waals surface area contributed by atoms with E-state index in [0.29, 0.717) is 12.6 Å². The molecule has 0 aromatic heterocycles. The fourth-order valence-corrected chi connectivity index (χ4v) is 2.44. The zero-order chi connectivity index (χ0) is 14.2. The van der Waals surface area contributed by atoms with Crippen molar-refractivity contribution in [3.8, 4) is 11.5 Å². The summed E-state index contributed by atoms with van der Waals surface area (Å²) in [4.78, 5) is 2.38. The van der Waals surface area contributed by atoms with Crippen LogP contribution < -0.4 is 15.2 Å². The lowest BCUT2D eigenvalue weighted by molar-refractivity contribution is 0.171. The maximum absolute atomic E-state index is 5.97. The smallest absolute Gasteiger partial charge is 0.119 e. The van der Waals surface area contributed by atoms with Crippen LogP contribution in [0.3, 0.4) is 0 Å². The van der Waals surface area contributed by atoms with E-state index in [1.54, 1.807) is 0 Å². The van der Waals surface area contributed by atoms with Crippen LogP contribution in [0.25, 0.3) is 0 Å². The maximum Gasteiger partial charge on any atom is 0.119 e. The van der Waals surface area contributed by atoms with Crippen LogP contribution in [0.15, 0.2) is 24.3 Å². The molecule has 0 radical (unpaired) electrons. The minimum Gasteiger partial charge on any atom is -0.494 e. The van der Waals surface area contributed by atoms with Gasteiger partial charge in [-0.15, -0.1) is 12.4 Å². The van der Waals surface area contributed by atoms with Crippen molar-refractivity contribution >= 4 is 12.4 Å². The van der Waals surface area contributed by atoms with E-state index in [9.17, 15) is 0 Å². The first-order valence-electron chi connectivity index (χ1n) is 7.61. The minimum absolute atomic E-state index is 0. The lowest BCUT2D eigenvalue weighted by Gasteiger charge is -2.30. The lowest BCUT2D eigenvalue weighted by atomic mass is 10.1. The first-order valence-corrected chi connectivity index (χ1v) is 7.61. The van der Waals surface area contributed by atoms with Crippen molar-refractivity contribution in [1.82, 2.24) is 4.90 Å². The Balaban J connectivity index is 0.00000220. The van der Waals surface area contributed by atoms with Gasteiger partial charge in [0, 0.05) is 19.1 Å². The number of likely N-dealkylation sites (tertiary alicyclic amines) is 1. The van der Waals surface area contributed by atoms with Gasteiger partial charge in [-0.3, -0.25) is 4.90 Å². The molecule has 0 aliphatic carbocycles. The van der Waals surface area contributed by atoms with Gasteiger partial charge in [0.1, 0.15) is 18.1 Å². The number of benzene rings is 1. The second kappa shape index (κ2) is 9.87. The summed E-state index contributed by atoms with van der Waals surface area (Å²) in [6, 6.07) is 8.18. The number of rotatable bonds is 7. The van der Waals surface area contributed by atoms with Gasteiger partial charge < -0.3 is 15.2 Å².